The molecule has 1 aliphatic heterocycles. The van der Waals surface area contributed by atoms with Gasteiger partial charge in [0.2, 0.25) is 0 Å². The van der Waals surface area contributed by atoms with E-state index in [1.54, 1.807) is 0 Å². The Kier molecular flexibility index (Phi) is 10.6. The minimum Gasteiger partial charge on any atom is -0.380 e. The van der Waals surface area contributed by atoms with Crippen LogP contribution in [0.4, 0.5) is 0 Å². The molecule has 0 atom stereocenters. The van der Waals surface area contributed by atoms with E-state index in [0.29, 0.717) is 0 Å². The Morgan fingerprint density at radius 1 is 0.944 bits per heavy atom. The van der Waals surface area contributed by atoms with Crippen molar-refractivity contribution in [3.05, 3.63) is 11.1 Å². The zero-order valence-corrected chi connectivity index (χ0v) is 13.0. The van der Waals surface area contributed by atoms with E-state index in [1.165, 1.54) is 81.4 Å². The van der Waals surface area contributed by atoms with Crippen molar-refractivity contribution in [2.45, 2.75) is 77.6 Å². The molecule has 0 amide bonds. The predicted molar refractivity (Wildman–Crippen MR) is 85.0 cm³/mol. The molecular formula is C16H31NS. The van der Waals surface area contributed by atoms with E-state index < -0.39 is 0 Å². The van der Waals surface area contributed by atoms with Crippen molar-refractivity contribution >= 4 is 11.8 Å². The van der Waals surface area contributed by atoms with Gasteiger partial charge in [0.1, 0.15) is 0 Å². The first-order valence-corrected chi connectivity index (χ1v) is 8.99. The lowest BCUT2D eigenvalue weighted by Gasteiger charge is -2.04. The zero-order valence-electron chi connectivity index (χ0n) is 12.2. The number of thioether (sulfide) groups is 1. The molecule has 0 aromatic heterocycles. The molecule has 1 heterocycles. The van der Waals surface area contributed by atoms with Crippen molar-refractivity contribution in [3.8, 4) is 0 Å². The summed E-state index contributed by atoms with van der Waals surface area (Å²) in [5, 5.41) is 4.84. The molecule has 106 valence electrons. The fraction of sp³-hybridized carbons (Fsp3) is 0.875. The summed E-state index contributed by atoms with van der Waals surface area (Å²) in [7, 11) is 0. The number of nitrogens with one attached hydrogen (secondary N) is 1. The van der Waals surface area contributed by atoms with Gasteiger partial charge in [-0.15, -0.1) is 11.8 Å². The van der Waals surface area contributed by atoms with Crippen LogP contribution in [0, 0.1) is 0 Å². The van der Waals surface area contributed by atoms with Gasteiger partial charge >= 0.3 is 0 Å². The second-order valence-electron chi connectivity index (χ2n) is 5.31. The summed E-state index contributed by atoms with van der Waals surface area (Å²) in [5.41, 5.74) is 0. The highest BCUT2D eigenvalue weighted by molar-refractivity contribution is 8.03. The van der Waals surface area contributed by atoms with Gasteiger partial charge in [-0.25, -0.2) is 0 Å². The van der Waals surface area contributed by atoms with Crippen molar-refractivity contribution < 1.29 is 0 Å². The Hall–Kier alpha value is -0.110. The molecule has 0 bridgehead atoms. The van der Waals surface area contributed by atoms with Gasteiger partial charge in [-0.3, -0.25) is 0 Å². The van der Waals surface area contributed by atoms with Crippen LogP contribution in [0.2, 0.25) is 0 Å². The largest absolute Gasteiger partial charge is 0.380 e. The van der Waals surface area contributed by atoms with Crippen LogP contribution >= 0.6 is 11.8 Å². The number of unbranched alkanes of at least 4 members (excludes halogenated alkanes) is 9. The second kappa shape index (κ2) is 12.0. The van der Waals surface area contributed by atoms with Gasteiger partial charge in [0.15, 0.2) is 0 Å². The first-order chi connectivity index (χ1) is 8.93. The third-order valence-electron chi connectivity index (χ3n) is 3.53. The van der Waals surface area contributed by atoms with E-state index in [9.17, 15) is 0 Å². The van der Waals surface area contributed by atoms with Gasteiger partial charge in [-0.05, 0) is 18.6 Å². The molecule has 0 unspecified atom stereocenters. The molecule has 0 saturated heterocycles. The normalized spacial score (nSPS) is 14.6. The maximum Gasteiger partial charge on any atom is 0.0641 e. The highest BCUT2D eigenvalue weighted by Gasteiger charge is 2.02. The van der Waals surface area contributed by atoms with E-state index in [4.69, 9.17) is 0 Å². The van der Waals surface area contributed by atoms with Crippen molar-refractivity contribution in [1.29, 1.82) is 0 Å². The Labute approximate surface area is 118 Å². The minimum absolute atomic E-state index is 1.15. The van der Waals surface area contributed by atoms with E-state index in [0.717, 1.165) is 6.54 Å². The van der Waals surface area contributed by atoms with Crippen molar-refractivity contribution in [1.82, 2.24) is 5.32 Å². The monoisotopic (exact) mass is 269 g/mol. The lowest BCUT2D eigenvalue weighted by molar-refractivity contribution is 0.563. The molecule has 2 heteroatoms. The molecule has 0 aromatic carbocycles. The van der Waals surface area contributed by atoms with Gasteiger partial charge in [0, 0.05) is 6.54 Å². The third-order valence-corrected chi connectivity index (χ3v) is 4.64. The maximum absolute atomic E-state index is 3.42. The number of hydrogen-bond acceptors (Lipinski definition) is 2. The lowest BCUT2D eigenvalue weighted by atomic mass is 10.1. The van der Waals surface area contributed by atoms with Crippen LogP contribution < -0.4 is 5.32 Å². The van der Waals surface area contributed by atoms with Crippen molar-refractivity contribution in [2.24, 2.45) is 0 Å². The van der Waals surface area contributed by atoms with Crippen LogP contribution in [-0.4, -0.2) is 12.3 Å². The first-order valence-electron chi connectivity index (χ1n) is 8.00. The van der Waals surface area contributed by atoms with Crippen LogP contribution in [0.5, 0.6) is 0 Å². The number of rotatable bonds is 12. The summed E-state index contributed by atoms with van der Waals surface area (Å²) < 4.78 is 0. The van der Waals surface area contributed by atoms with Gasteiger partial charge in [0.25, 0.3) is 0 Å². The fourth-order valence-electron chi connectivity index (χ4n) is 2.35. The maximum atomic E-state index is 3.42. The van der Waals surface area contributed by atoms with Crippen LogP contribution in [0.1, 0.15) is 77.6 Å². The SMILES string of the molecule is CCCCCCCCCCCCSC1=CCCN1. The summed E-state index contributed by atoms with van der Waals surface area (Å²) in [6.45, 7) is 3.44. The molecule has 0 spiro atoms. The Bertz CT molecular complexity index is 213. The Balaban J connectivity index is 1.71. The summed E-state index contributed by atoms with van der Waals surface area (Å²) in [5.74, 6) is 1.30. The van der Waals surface area contributed by atoms with Gasteiger partial charge in [-0.2, -0.15) is 0 Å². The molecule has 1 aliphatic rings. The molecule has 0 aromatic rings. The fourth-order valence-corrected chi connectivity index (χ4v) is 3.36. The average Bonchev–Trinajstić information content (AvgIpc) is 2.89. The van der Waals surface area contributed by atoms with Crippen LogP contribution in [0.15, 0.2) is 11.1 Å². The summed E-state index contributed by atoms with van der Waals surface area (Å²) in [6, 6.07) is 0. The average molecular weight is 269 g/mol. The van der Waals surface area contributed by atoms with Gasteiger partial charge < -0.3 is 5.32 Å². The first kappa shape index (κ1) is 15.9. The quantitative estimate of drug-likeness (QED) is 0.471. The molecule has 0 radical (unpaired) electrons. The van der Waals surface area contributed by atoms with Gasteiger partial charge in [-0.1, -0.05) is 70.8 Å². The minimum atomic E-state index is 1.15. The zero-order chi connectivity index (χ0) is 12.9. The summed E-state index contributed by atoms with van der Waals surface area (Å²) in [4.78, 5) is 0. The molecule has 0 aliphatic carbocycles. The molecule has 0 saturated carbocycles. The van der Waals surface area contributed by atoms with Crippen molar-refractivity contribution in [2.75, 3.05) is 12.3 Å². The predicted octanol–water partition coefficient (Wildman–Crippen LogP) is 5.48. The van der Waals surface area contributed by atoms with E-state index >= 15 is 0 Å². The topological polar surface area (TPSA) is 12.0 Å². The van der Waals surface area contributed by atoms with E-state index in [-0.39, 0.29) is 0 Å². The molecule has 1 N–H and O–H groups in total. The summed E-state index contributed by atoms with van der Waals surface area (Å²) in [6.07, 6.45) is 17.9. The lowest BCUT2D eigenvalue weighted by Crippen LogP contribution is -2.04. The molecule has 18 heavy (non-hydrogen) atoms. The standard InChI is InChI=1S/C16H31NS/c1-2-3-4-5-6-7-8-9-10-11-15-18-16-13-12-14-17-16/h13,17H,2-12,14-15H2,1H3. The Morgan fingerprint density at radius 2 is 1.56 bits per heavy atom. The highest BCUT2D eigenvalue weighted by atomic mass is 32.2. The smallest absolute Gasteiger partial charge is 0.0641 e. The van der Waals surface area contributed by atoms with Crippen LogP contribution in [0.25, 0.3) is 0 Å². The summed E-state index contributed by atoms with van der Waals surface area (Å²) >= 11 is 2.01. The molecule has 1 rings (SSSR count). The van der Waals surface area contributed by atoms with E-state index in [2.05, 4.69) is 18.3 Å². The van der Waals surface area contributed by atoms with Crippen LogP contribution in [0.3, 0.4) is 0 Å². The van der Waals surface area contributed by atoms with Crippen LogP contribution in [-0.2, 0) is 0 Å². The third kappa shape index (κ3) is 8.91. The van der Waals surface area contributed by atoms with E-state index in [1.807, 2.05) is 11.8 Å². The molecule has 1 nitrogen and oxygen atoms in total. The Morgan fingerprint density at radius 3 is 2.11 bits per heavy atom. The van der Waals surface area contributed by atoms with Crippen molar-refractivity contribution in [3.63, 3.8) is 0 Å². The highest BCUT2D eigenvalue weighted by Crippen LogP contribution is 2.19. The van der Waals surface area contributed by atoms with Gasteiger partial charge in [0.05, 0.1) is 5.03 Å². The number of hydrogen-bond donors (Lipinski definition) is 1. The molecular weight excluding hydrogens is 238 g/mol. The molecule has 0 fully saturated rings. The second-order valence-corrected chi connectivity index (χ2v) is 6.45.